The molecule has 0 saturated carbocycles. The van der Waals surface area contributed by atoms with Crippen LogP contribution in [0.5, 0.6) is 0 Å². The fraction of sp³-hybridized carbons (Fsp3) is 0.350. The molecule has 4 rings (SSSR count). The van der Waals surface area contributed by atoms with Gasteiger partial charge in [0.2, 0.25) is 5.95 Å². The molecule has 1 saturated heterocycles. The van der Waals surface area contributed by atoms with Gasteiger partial charge in [-0.05, 0) is 24.8 Å². The summed E-state index contributed by atoms with van der Waals surface area (Å²) in [6.45, 7) is 2.71. The van der Waals surface area contributed by atoms with Crippen molar-refractivity contribution < 1.29 is 10.0 Å². The van der Waals surface area contributed by atoms with Crippen molar-refractivity contribution in [1.29, 1.82) is 0 Å². The lowest BCUT2D eigenvalue weighted by Gasteiger charge is -2.32. The number of carbonyl (C=O) groups excluding carboxylic acids is 1. The van der Waals surface area contributed by atoms with E-state index in [4.69, 9.17) is 5.21 Å². The van der Waals surface area contributed by atoms with Gasteiger partial charge in [-0.25, -0.2) is 15.4 Å². The minimum atomic E-state index is -0.607. The molecule has 8 nitrogen and oxygen atoms in total. The number of hydrogen-bond donors (Lipinski definition) is 3. The summed E-state index contributed by atoms with van der Waals surface area (Å²) in [5.74, 6) is 0.606. The molecule has 3 heterocycles. The van der Waals surface area contributed by atoms with Crippen LogP contribution in [0.3, 0.4) is 0 Å². The third-order valence-electron chi connectivity index (χ3n) is 5.38. The molecule has 3 N–H and O–H groups in total. The minimum Gasteiger partial charge on any atom is -0.383 e. The van der Waals surface area contributed by atoms with E-state index >= 15 is 0 Å². The number of amides is 1. The number of aromatic nitrogens is 3. The predicted molar refractivity (Wildman–Crippen MR) is 115 cm³/mol. The number of hydrogen-bond acceptors (Lipinski definition) is 6. The first-order chi connectivity index (χ1) is 13.7. The van der Waals surface area contributed by atoms with Crippen molar-refractivity contribution in [1.82, 2.24) is 20.0 Å². The Bertz CT molecular complexity index is 967. The van der Waals surface area contributed by atoms with Gasteiger partial charge in [0.05, 0.1) is 11.3 Å². The molecular formula is C20H25ClN6O2. The molecule has 1 aliphatic rings. The molecule has 29 heavy (non-hydrogen) atoms. The number of benzene rings is 1. The quantitative estimate of drug-likeness (QED) is 0.437. The largest absolute Gasteiger partial charge is 0.383 e. The summed E-state index contributed by atoms with van der Waals surface area (Å²) in [5, 5.41) is 13.5. The second kappa shape index (κ2) is 9.11. The van der Waals surface area contributed by atoms with Crippen molar-refractivity contribution >= 4 is 40.9 Å². The number of anilines is 2. The number of fused-ring (bicyclic) bond motifs is 1. The smallest absolute Gasteiger partial charge is 0.277 e. The standard InChI is InChI=1S/C20H24N6O2.ClH/c1-25-13-17(16-4-2-3-5-18(16)25)21-10-14-6-8-26(9-7-14)20-22-11-15(12-23-20)19(27)24-28;/h2-5,11-14,21,28H,6-10H2,1H3,(H,24,27);1H. The highest BCUT2D eigenvalue weighted by molar-refractivity contribution is 5.93. The topological polar surface area (TPSA) is 95.3 Å². The van der Waals surface area contributed by atoms with Crippen molar-refractivity contribution in [3.05, 3.63) is 48.4 Å². The Balaban J connectivity index is 0.00000240. The average molecular weight is 417 g/mol. The summed E-state index contributed by atoms with van der Waals surface area (Å²) in [5.41, 5.74) is 4.24. The van der Waals surface area contributed by atoms with Crippen LogP contribution >= 0.6 is 12.4 Å². The lowest BCUT2D eigenvalue weighted by atomic mass is 9.97. The number of halogens is 1. The normalized spacial score (nSPS) is 14.5. The van der Waals surface area contributed by atoms with E-state index in [-0.39, 0.29) is 18.0 Å². The fourth-order valence-electron chi connectivity index (χ4n) is 3.74. The third kappa shape index (κ3) is 4.44. The van der Waals surface area contributed by atoms with Gasteiger partial charge in [-0.1, -0.05) is 18.2 Å². The lowest BCUT2D eigenvalue weighted by molar-refractivity contribution is 0.0705. The van der Waals surface area contributed by atoms with E-state index in [1.165, 1.54) is 29.0 Å². The van der Waals surface area contributed by atoms with Crippen LogP contribution < -0.4 is 15.7 Å². The van der Waals surface area contributed by atoms with Crippen LogP contribution in [0.1, 0.15) is 23.2 Å². The molecule has 0 spiro atoms. The molecule has 3 aromatic rings. The van der Waals surface area contributed by atoms with Crippen LogP contribution in [0, 0.1) is 5.92 Å². The van der Waals surface area contributed by atoms with Crippen LogP contribution in [0.25, 0.3) is 10.9 Å². The van der Waals surface area contributed by atoms with Crippen LogP contribution in [0.15, 0.2) is 42.9 Å². The number of nitrogens with one attached hydrogen (secondary N) is 2. The third-order valence-corrected chi connectivity index (χ3v) is 5.38. The SMILES string of the molecule is Cl.Cn1cc(NCC2CCN(c3ncc(C(=O)NO)cn3)CC2)c2ccccc21. The van der Waals surface area contributed by atoms with Crippen molar-refractivity contribution in [2.24, 2.45) is 13.0 Å². The summed E-state index contributed by atoms with van der Waals surface area (Å²) in [7, 11) is 2.07. The number of piperidine rings is 1. The fourth-order valence-corrected chi connectivity index (χ4v) is 3.74. The van der Waals surface area contributed by atoms with E-state index in [2.05, 4.69) is 62.3 Å². The summed E-state index contributed by atoms with van der Waals surface area (Å²) < 4.78 is 2.15. The van der Waals surface area contributed by atoms with Gasteiger partial charge in [0.15, 0.2) is 0 Å². The summed E-state index contributed by atoms with van der Waals surface area (Å²) in [6.07, 6.45) is 7.13. The molecule has 0 unspecified atom stereocenters. The maximum Gasteiger partial charge on any atom is 0.277 e. The van der Waals surface area contributed by atoms with Gasteiger partial charge in [-0.3, -0.25) is 10.0 Å². The van der Waals surface area contributed by atoms with Gasteiger partial charge >= 0.3 is 0 Å². The number of carbonyl (C=O) groups is 1. The Morgan fingerprint density at radius 2 is 1.90 bits per heavy atom. The maximum absolute atomic E-state index is 11.4. The second-order valence-corrected chi connectivity index (χ2v) is 7.19. The molecular weight excluding hydrogens is 392 g/mol. The molecule has 154 valence electrons. The predicted octanol–water partition coefficient (Wildman–Crippen LogP) is 2.84. The molecule has 1 aliphatic heterocycles. The first-order valence-corrected chi connectivity index (χ1v) is 9.45. The van der Waals surface area contributed by atoms with Crippen LogP contribution in [-0.2, 0) is 7.05 Å². The first kappa shape index (κ1) is 20.9. The zero-order chi connectivity index (χ0) is 19.5. The zero-order valence-corrected chi connectivity index (χ0v) is 17.0. The Labute approximate surface area is 175 Å². The molecule has 1 aromatic carbocycles. The van der Waals surface area contributed by atoms with Crippen LogP contribution in [0.2, 0.25) is 0 Å². The zero-order valence-electron chi connectivity index (χ0n) is 16.2. The van der Waals surface area contributed by atoms with E-state index in [0.29, 0.717) is 11.9 Å². The van der Waals surface area contributed by atoms with Gasteiger partial charge in [0, 0.05) is 56.2 Å². The van der Waals surface area contributed by atoms with E-state index in [9.17, 15) is 4.79 Å². The monoisotopic (exact) mass is 416 g/mol. The maximum atomic E-state index is 11.4. The summed E-state index contributed by atoms with van der Waals surface area (Å²) in [4.78, 5) is 22.0. The number of nitrogens with zero attached hydrogens (tertiary/aromatic N) is 4. The number of rotatable bonds is 5. The Hall–Kier alpha value is -2.84. The molecule has 0 bridgehead atoms. The van der Waals surface area contributed by atoms with Crippen molar-refractivity contribution in [2.75, 3.05) is 29.9 Å². The highest BCUT2D eigenvalue weighted by atomic mass is 35.5. The molecule has 2 aromatic heterocycles. The van der Waals surface area contributed by atoms with Crippen LogP contribution in [0.4, 0.5) is 11.6 Å². The summed E-state index contributed by atoms with van der Waals surface area (Å²) in [6, 6.07) is 8.42. The highest BCUT2D eigenvalue weighted by Crippen LogP contribution is 2.26. The van der Waals surface area contributed by atoms with Gasteiger partial charge in [0.25, 0.3) is 5.91 Å². The van der Waals surface area contributed by atoms with Crippen molar-refractivity contribution in [3.63, 3.8) is 0 Å². The lowest BCUT2D eigenvalue weighted by Crippen LogP contribution is -2.37. The number of para-hydroxylation sites is 1. The Morgan fingerprint density at radius 3 is 2.59 bits per heavy atom. The minimum absolute atomic E-state index is 0. The van der Waals surface area contributed by atoms with E-state index in [1.54, 1.807) is 5.48 Å². The van der Waals surface area contributed by atoms with Gasteiger partial charge in [-0.2, -0.15) is 0 Å². The molecule has 1 amide bonds. The van der Waals surface area contributed by atoms with E-state index in [0.717, 1.165) is 32.5 Å². The van der Waals surface area contributed by atoms with E-state index < -0.39 is 5.91 Å². The average Bonchev–Trinajstić information content (AvgIpc) is 3.08. The van der Waals surface area contributed by atoms with Crippen molar-refractivity contribution in [3.8, 4) is 0 Å². The number of aryl methyl sites for hydroxylation is 1. The van der Waals surface area contributed by atoms with Gasteiger partial charge in [-0.15, -0.1) is 12.4 Å². The molecule has 1 fully saturated rings. The Morgan fingerprint density at radius 1 is 1.21 bits per heavy atom. The number of hydroxylamine groups is 1. The first-order valence-electron chi connectivity index (χ1n) is 9.45. The summed E-state index contributed by atoms with van der Waals surface area (Å²) >= 11 is 0. The van der Waals surface area contributed by atoms with Crippen LogP contribution in [-0.4, -0.2) is 45.3 Å². The van der Waals surface area contributed by atoms with Gasteiger partial charge in [0.1, 0.15) is 0 Å². The van der Waals surface area contributed by atoms with E-state index in [1.807, 2.05) is 0 Å². The second-order valence-electron chi connectivity index (χ2n) is 7.19. The van der Waals surface area contributed by atoms with Gasteiger partial charge < -0.3 is 14.8 Å². The highest BCUT2D eigenvalue weighted by Gasteiger charge is 2.21. The molecule has 9 heteroatoms. The Kier molecular flexibility index (Phi) is 6.56. The van der Waals surface area contributed by atoms with Crippen molar-refractivity contribution in [2.45, 2.75) is 12.8 Å². The molecule has 0 radical (unpaired) electrons. The molecule has 0 aliphatic carbocycles. The molecule has 0 atom stereocenters.